The van der Waals surface area contributed by atoms with E-state index in [1.54, 1.807) is 31.3 Å². The molecule has 1 aromatic heterocycles. The van der Waals surface area contributed by atoms with Crippen molar-refractivity contribution in [3.8, 4) is 0 Å². The average molecular weight is 486 g/mol. The molecule has 1 aromatic carbocycles. The normalized spacial score (nSPS) is 11.6. The Morgan fingerprint density at radius 2 is 2.00 bits per heavy atom. The fourth-order valence-electron chi connectivity index (χ4n) is 2.40. The number of carbonyl (C=O) groups excluding carboxylic acids is 3. The topological polar surface area (TPSA) is 133 Å². The van der Waals surface area contributed by atoms with Gasteiger partial charge in [0.15, 0.2) is 12.0 Å². The van der Waals surface area contributed by atoms with Crippen molar-refractivity contribution in [2.45, 2.75) is 25.9 Å². The van der Waals surface area contributed by atoms with Gasteiger partial charge in [0.25, 0.3) is 17.7 Å². The van der Waals surface area contributed by atoms with E-state index in [0.717, 1.165) is 12.8 Å². The van der Waals surface area contributed by atoms with E-state index in [0.29, 0.717) is 6.54 Å². The molecule has 2 aromatic rings. The molecule has 0 fully saturated rings. The van der Waals surface area contributed by atoms with Gasteiger partial charge >= 0.3 is 0 Å². The van der Waals surface area contributed by atoms with E-state index in [2.05, 4.69) is 36.8 Å². The number of anilines is 1. The first-order valence-electron chi connectivity index (χ1n) is 8.87. The molecule has 3 amide bonds. The largest absolute Gasteiger partial charge is 0.343 e. The van der Waals surface area contributed by atoms with E-state index in [9.17, 15) is 14.4 Å². The van der Waals surface area contributed by atoms with Crippen LogP contribution in [0.3, 0.4) is 0 Å². The third-order valence-electron chi connectivity index (χ3n) is 4.06. The maximum absolute atomic E-state index is 12.4. The lowest BCUT2D eigenvalue weighted by molar-refractivity contribution is -0.131. The Hall–Kier alpha value is -2.43. The van der Waals surface area contributed by atoms with Crippen LogP contribution in [0.5, 0.6) is 0 Å². The number of likely N-dealkylation sites (N-methyl/N-ethyl adjacent to an activating group) is 1. The molecule has 0 saturated heterocycles. The van der Waals surface area contributed by atoms with E-state index in [-0.39, 0.29) is 26.6 Å². The number of halogens is 2. The van der Waals surface area contributed by atoms with Crippen molar-refractivity contribution < 1.29 is 14.4 Å². The molecule has 0 saturated carbocycles. The Morgan fingerprint density at radius 3 is 2.66 bits per heavy atom. The molecular weight excluding hydrogens is 464 g/mol. The molecule has 1 heterocycles. The highest BCUT2D eigenvalue weighted by molar-refractivity contribution is 9.10. The summed E-state index contributed by atoms with van der Waals surface area (Å²) in [6.07, 6.45) is 0.563. The van der Waals surface area contributed by atoms with Crippen LogP contribution < -0.4 is 16.4 Å². The number of H-pyrrole nitrogens is 1. The molecule has 9 nitrogen and oxygen atoms in total. The number of hydrogen-bond acceptors (Lipinski definition) is 5. The maximum Gasteiger partial charge on any atom is 0.272 e. The van der Waals surface area contributed by atoms with Gasteiger partial charge in [0, 0.05) is 13.6 Å². The van der Waals surface area contributed by atoms with Crippen molar-refractivity contribution >= 4 is 51.1 Å². The highest BCUT2D eigenvalue weighted by atomic mass is 79.9. The number of aromatic nitrogens is 2. The van der Waals surface area contributed by atoms with Crippen molar-refractivity contribution in [1.29, 1.82) is 0 Å². The van der Waals surface area contributed by atoms with Crippen molar-refractivity contribution in [3.63, 3.8) is 0 Å². The number of aromatic amines is 1. The van der Waals surface area contributed by atoms with Crippen LogP contribution in [-0.4, -0.2) is 52.6 Å². The molecule has 0 aliphatic carbocycles. The third-order valence-corrected chi connectivity index (χ3v) is 5.16. The third kappa shape index (κ3) is 5.78. The molecule has 2 rings (SSSR count). The number of unbranched alkanes of at least 4 members (excludes halogenated alkanes) is 1. The van der Waals surface area contributed by atoms with Crippen molar-refractivity contribution in [3.05, 3.63) is 45.0 Å². The summed E-state index contributed by atoms with van der Waals surface area (Å²) in [6.45, 7) is 2.56. The lowest BCUT2D eigenvalue weighted by Crippen LogP contribution is -2.53. The van der Waals surface area contributed by atoms with Gasteiger partial charge in [0.2, 0.25) is 0 Å². The summed E-state index contributed by atoms with van der Waals surface area (Å²) in [6, 6.07) is 6.53. The molecule has 1 unspecified atom stereocenters. The molecule has 5 N–H and O–H groups in total. The van der Waals surface area contributed by atoms with Gasteiger partial charge in [-0.1, -0.05) is 37.1 Å². The first-order chi connectivity index (χ1) is 13.8. The zero-order valence-electron chi connectivity index (χ0n) is 16.0. The van der Waals surface area contributed by atoms with Gasteiger partial charge in [-0.05, 0) is 34.5 Å². The van der Waals surface area contributed by atoms with Gasteiger partial charge in [-0.2, -0.15) is 5.10 Å². The Morgan fingerprint density at radius 1 is 1.31 bits per heavy atom. The quantitative estimate of drug-likeness (QED) is 0.426. The zero-order chi connectivity index (χ0) is 21.6. The van der Waals surface area contributed by atoms with Crippen LogP contribution in [0.4, 0.5) is 5.82 Å². The summed E-state index contributed by atoms with van der Waals surface area (Å²) in [4.78, 5) is 38.5. The van der Waals surface area contributed by atoms with Gasteiger partial charge in [-0.3, -0.25) is 19.5 Å². The van der Waals surface area contributed by atoms with Crippen LogP contribution in [0, 0.1) is 0 Å². The second-order valence-corrected chi connectivity index (χ2v) is 7.46. The summed E-state index contributed by atoms with van der Waals surface area (Å²) in [5, 5.41) is 11.7. The highest BCUT2D eigenvalue weighted by Gasteiger charge is 2.24. The minimum Gasteiger partial charge on any atom is -0.343 e. The number of nitrogens with zero attached hydrogens (tertiary/aromatic N) is 2. The minimum atomic E-state index is -1.21. The lowest BCUT2D eigenvalue weighted by atomic mass is 10.2. The van der Waals surface area contributed by atoms with Gasteiger partial charge < -0.3 is 21.3 Å². The van der Waals surface area contributed by atoms with Gasteiger partial charge in [-0.25, -0.2) is 0 Å². The minimum absolute atomic E-state index is 0.0129. The molecule has 11 heteroatoms. The highest BCUT2D eigenvalue weighted by Crippen LogP contribution is 2.25. The van der Waals surface area contributed by atoms with Crippen LogP contribution in [0.2, 0.25) is 5.02 Å². The molecule has 1 atom stereocenters. The van der Waals surface area contributed by atoms with Crippen LogP contribution in [0.15, 0.2) is 28.7 Å². The number of amides is 3. The number of rotatable bonds is 8. The second-order valence-electron chi connectivity index (χ2n) is 6.26. The van der Waals surface area contributed by atoms with Gasteiger partial charge in [0.05, 0.1) is 15.1 Å². The fourth-order valence-corrected chi connectivity index (χ4v) is 3.08. The summed E-state index contributed by atoms with van der Waals surface area (Å²) in [7, 11) is 1.62. The zero-order valence-corrected chi connectivity index (χ0v) is 18.3. The van der Waals surface area contributed by atoms with Crippen LogP contribution in [-0.2, 0) is 4.79 Å². The predicted molar refractivity (Wildman–Crippen MR) is 114 cm³/mol. The van der Waals surface area contributed by atoms with E-state index in [4.69, 9.17) is 17.3 Å². The number of hydrogen-bond donors (Lipinski definition) is 4. The Labute approximate surface area is 181 Å². The van der Waals surface area contributed by atoms with Crippen LogP contribution in [0.1, 0.15) is 40.6 Å². The summed E-state index contributed by atoms with van der Waals surface area (Å²) in [5.74, 6) is -1.44. The summed E-state index contributed by atoms with van der Waals surface area (Å²) < 4.78 is 0.217. The van der Waals surface area contributed by atoms with E-state index < -0.39 is 23.9 Å². The summed E-state index contributed by atoms with van der Waals surface area (Å²) >= 11 is 9.23. The number of nitrogens with two attached hydrogens (primary N) is 1. The van der Waals surface area contributed by atoms with E-state index in [1.807, 2.05) is 6.92 Å². The monoisotopic (exact) mass is 484 g/mol. The average Bonchev–Trinajstić information content (AvgIpc) is 3.05. The fraction of sp³-hybridized carbons (Fsp3) is 0.333. The SMILES string of the molecule is CCCCN(C)C(=O)C(N)NC(=O)c1[nH]nc(NC(=O)c2ccccc2Cl)c1Br. The Balaban J connectivity index is 2.04. The smallest absolute Gasteiger partial charge is 0.272 e. The molecule has 0 aliphatic rings. The molecular formula is C18H22BrClN6O3. The molecule has 156 valence electrons. The second kappa shape index (κ2) is 10.4. The molecule has 0 spiro atoms. The standard InChI is InChI=1S/C18H22BrClN6O3/c1-3-4-9-26(2)18(29)14(21)22-17(28)13-12(19)15(25-24-13)23-16(27)10-7-5-6-8-11(10)20/h5-8,14H,3-4,9,21H2,1-2H3,(H,22,28)(H2,23,24,25,27). The summed E-state index contributed by atoms with van der Waals surface area (Å²) in [5.41, 5.74) is 6.08. The lowest BCUT2D eigenvalue weighted by Gasteiger charge is -2.21. The first-order valence-corrected chi connectivity index (χ1v) is 10.0. The van der Waals surface area contributed by atoms with Gasteiger partial charge in [-0.15, -0.1) is 0 Å². The van der Waals surface area contributed by atoms with Crippen molar-refractivity contribution in [2.75, 3.05) is 18.9 Å². The maximum atomic E-state index is 12.4. The molecule has 29 heavy (non-hydrogen) atoms. The van der Waals surface area contributed by atoms with Crippen LogP contribution in [0.25, 0.3) is 0 Å². The first kappa shape index (κ1) is 22.9. The predicted octanol–water partition coefficient (Wildman–Crippen LogP) is 2.35. The Kier molecular flexibility index (Phi) is 8.18. The van der Waals surface area contributed by atoms with Crippen molar-refractivity contribution in [2.24, 2.45) is 5.73 Å². The molecule has 0 radical (unpaired) electrons. The van der Waals surface area contributed by atoms with E-state index >= 15 is 0 Å². The van der Waals surface area contributed by atoms with E-state index in [1.165, 1.54) is 4.90 Å². The molecule has 0 bridgehead atoms. The molecule has 0 aliphatic heterocycles. The Bertz CT molecular complexity index is 903. The number of carbonyl (C=O) groups is 3. The van der Waals surface area contributed by atoms with Crippen molar-refractivity contribution in [1.82, 2.24) is 20.4 Å². The number of benzene rings is 1. The van der Waals surface area contributed by atoms with Gasteiger partial charge in [0.1, 0.15) is 5.69 Å². The number of nitrogens with one attached hydrogen (secondary N) is 3. The van der Waals surface area contributed by atoms with Crippen LogP contribution >= 0.6 is 27.5 Å².